The highest BCUT2D eigenvalue weighted by atomic mass is 19.4. The number of hydrogen-bond acceptors (Lipinski definition) is 4. The van der Waals surface area contributed by atoms with Crippen molar-refractivity contribution < 1.29 is 27.5 Å². The number of aromatic amines is 1. The van der Waals surface area contributed by atoms with Gasteiger partial charge in [0.25, 0.3) is 5.91 Å². The minimum atomic E-state index is -4.68. The quantitative estimate of drug-likeness (QED) is 0.820. The van der Waals surface area contributed by atoms with Gasteiger partial charge in [0, 0.05) is 19.1 Å². The normalized spacial score (nSPS) is 23.0. The summed E-state index contributed by atoms with van der Waals surface area (Å²) in [6, 6.07) is 9.14. The van der Waals surface area contributed by atoms with Gasteiger partial charge in [0.15, 0.2) is 5.69 Å². The van der Waals surface area contributed by atoms with E-state index >= 15 is 0 Å². The van der Waals surface area contributed by atoms with E-state index in [0.29, 0.717) is 12.8 Å². The third-order valence-electron chi connectivity index (χ3n) is 5.74. The maximum atomic E-state index is 13.0. The van der Waals surface area contributed by atoms with Gasteiger partial charge < -0.3 is 9.64 Å². The SMILES string of the molecule is C[C@@H]1[C@H](c2ccccc2)OC(=O)N1C1CCN(C(=O)c2cn[nH]c2C(F)(F)F)CC1. The number of piperidine rings is 1. The molecule has 2 saturated heterocycles. The molecule has 0 aliphatic carbocycles. The highest BCUT2D eigenvalue weighted by molar-refractivity contribution is 5.95. The molecule has 0 radical (unpaired) electrons. The first kappa shape index (κ1) is 20.2. The van der Waals surface area contributed by atoms with E-state index in [1.165, 1.54) is 4.90 Å². The largest absolute Gasteiger partial charge is 0.439 e. The lowest BCUT2D eigenvalue weighted by molar-refractivity contribution is -0.141. The Labute approximate surface area is 170 Å². The van der Waals surface area contributed by atoms with Crippen molar-refractivity contribution in [1.82, 2.24) is 20.0 Å². The summed E-state index contributed by atoms with van der Waals surface area (Å²) < 4.78 is 44.7. The van der Waals surface area contributed by atoms with Gasteiger partial charge in [-0.15, -0.1) is 0 Å². The molecular weight excluding hydrogens is 401 g/mol. The van der Waals surface area contributed by atoms with Crippen LogP contribution in [0.25, 0.3) is 0 Å². The number of likely N-dealkylation sites (tertiary alicyclic amines) is 1. The molecule has 7 nitrogen and oxygen atoms in total. The molecular formula is C20H21F3N4O3. The molecule has 2 aliphatic rings. The number of aromatic nitrogens is 2. The summed E-state index contributed by atoms with van der Waals surface area (Å²) in [5, 5.41) is 5.24. The number of hydrogen-bond donors (Lipinski definition) is 1. The van der Waals surface area contributed by atoms with Crippen LogP contribution in [0.4, 0.5) is 18.0 Å². The Morgan fingerprint density at radius 2 is 1.87 bits per heavy atom. The van der Waals surface area contributed by atoms with Crippen LogP contribution in [0.5, 0.6) is 0 Å². The number of cyclic esters (lactones) is 1. The van der Waals surface area contributed by atoms with Crippen LogP contribution in [0.15, 0.2) is 36.5 Å². The average molecular weight is 422 g/mol. The molecule has 2 fully saturated rings. The predicted molar refractivity (Wildman–Crippen MR) is 99.5 cm³/mol. The van der Waals surface area contributed by atoms with Gasteiger partial charge in [-0.3, -0.25) is 14.8 Å². The number of ether oxygens (including phenoxy) is 1. The standard InChI is InChI=1S/C20H21F3N4O3/c1-12-16(13-5-3-2-4-6-13)30-19(29)27(12)14-7-9-26(10-8-14)18(28)15-11-24-25-17(15)20(21,22)23/h2-6,11-12,14,16H,7-10H2,1H3,(H,24,25)/t12-,16-/m1/s1. The van der Waals surface area contributed by atoms with E-state index in [2.05, 4.69) is 5.10 Å². The van der Waals surface area contributed by atoms with Gasteiger partial charge >= 0.3 is 12.3 Å². The summed E-state index contributed by atoms with van der Waals surface area (Å²) in [6.07, 6.45) is -3.63. The van der Waals surface area contributed by atoms with Crippen molar-refractivity contribution in [2.45, 2.75) is 44.1 Å². The number of carbonyl (C=O) groups excluding carboxylic acids is 2. The molecule has 2 aromatic rings. The second-order valence-electron chi connectivity index (χ2n) is 7.54. The van der Waals surface area contributed by atoms with Gasteiger partial charge in [-0.05, 0) is 25.3 Å². The molecule has 2 atom stereocenters. The summed E-state index contributed by atoms with van der Waals surface area (Å²) >= 11 is 0. The van der Waals surface area contributed by atoms with E-state index in [-0.39, 0.29) is 31.3 Å². The van der Waals surface area contributed by atoms with E-state index < -0.39 is 29.4 Å². The van der Waals surface area contributed by atoms with Gasteiger partial charge in [-0.2, -0.15) is 18.3 Å². The Hall–Kier alpha value is -3.04. The second kappa shape index (κ2) is 7.66. The summed E-state index contributed by atoms with van der Waals surface area (Å²) in [5.74, 6) is -0.714. The maximum absolute atomic E-state index is 13.0. The summed E-state index contributed by atoms with van der Waals surface area (Å²) in [4.78, 5) is 28.2. The van der Waals surface area contributed by atoms with Crippen LogP contribution < -0.4 is 0 Å². The molecule has 160 valence electrons. The highest BCUT2D eigenvalue weighted by Crippen LogP contribution is 2.36. The van der Waals surface area contributed by atoms with Gasteiger partial charge in [0.2, 0.25) is 0 Å². The zero-order valence-corrected chi connectivity index (χ0v) is 16.2. The van der Waals surface area contributed by atoms with Gasteiger partial charge in [0.05, 0.1) is 17.8 Å². The Bertz CT molecular complexity index is 923. The molecule has 1 aromatic carbocycles. The van der Waals surface area contributed by atoms with E-state index in [1.807, 2.05) is 42.4 Å². The lowest BCUT2D eigenvalue weighted by Gasteiger charge is -2.37. The van der Waals surface area contributed by atoms with Crippen LogP contribution in [0.1, 0.15) is 47.5 Å². The molecule has 0 saturated carbocycles. The van der Waals surface area contributed by atoms with Crippen LogP contribution in [-0.2, 0) is 10.9 Å². The number of halogens is 3. The minimum absolute atomic E-state index is 0.142. The fourth-order valence-electron chi connectivity index (χ4n) is 4.23. The van der Waals surface area contributed by atoms with Gasteiger partial charge in [-0.1, -0.05) is 30.3 Å². The van der Waals surface area contributed by atoms with Crippen molar-refractivity contribution in [2.75, 3.05) is 13.1 Å². The topological polar surface area (TPSA) is 78.5 Å². The Balaban J connectivity index is 1.42. The Kier molecular flexibility index (Phi) is 5.17. The van der Waals surface area contributed by atoms with Crippen LogP contribution in [0, 0.1) is 0 Å². The molecule has 0 unspecified atom stereocenters. The van der Waals surface area contributed by atoms with Crippen LogP contribution in [0.3, 0.4) is 0 Å². The fourth-order valence-corrected chi connectivity index (χ4v) is 4.23. The van der Waals surface area contributed by atoms with E-state index in [1.54, 1.807) is 4.90 Å². The Morgan fingerprint density at radius 1 is 1.20 bits per heavy atom. The number of nitrogens with one attached hydrogen (secondary N) is 1. The molecule has 0 bridgehead atoms. The van der Waals surface area contributed by atoms with Gasteiger partial charge in [-0.25, -0.2) is 4.79 Å². The molecule has 3 heterocycles. The first-order valence-corrected chi connectivity index (χ1v) is 9.71. The fraction of sp³-hybridized carbons (Fsp3) is 0.450. The van der Waals surface area contributed by atoms with Crippen LogP contribution >= 0.6 is 0 Å². The summed E-state index contributed by atoms with van der Waals surface area (Å²) in [6.45, 7) is 2.41. The first-order valence-electron chi connectivity index (χ1n) is 9.71. The lowest BCUT2D eigenvalue weighted by Crippen LogP contribution is -2.49. The minimum Gasteiger partial charge on any atom is -0.439 e. The average Bonchev–Trinajstić information content (AvgIpc) is 3.33. The number of amides is 2. The van der Waals surface area contributed by atoms with Crippen molar-refractivity contribution >= 4 is 12.0 Å². The molecule has 2 amide bonds. The molecule has 4 rings (SSSR count). The third kappa shape index (κ3) is 3.61. The molecule has 2 aliphatic heterocycles. The van der Waals surface area contributed by atoms with Crippen LogP contribution in [-0.4, -0.2) is 57.2 Å². The van der Waals surface area contributed by atoms with Crippen molar-refractivity contribution in [1.29, 1.82) is 0 Å². The van der Waals surface area contributed by atoms with Crippen molar-refractivity contribution in [3.63, 3.8) is 0 Å². The molecule has 10 heteroatoms. The highest BCUT2D eigenvalue weighted by Gasteiger charge is 2.45. The summed E-state index contributed by atoms with van der Waals surface area (Å²) in [7, 11) is 0. The second-order valence-corrected chi connectivity index (χ2v) is 7.54. The third-order valence-corrected chi connectivity index (χ3v) is 5.74. The number of rotatable bonds is 3. The van der Waals surface area contributed by atoms with Gasteiger partial charge in [0.1, 0.15) is 6.10 Å². The number of nitrogens with zero attached hydrogens (tertiary/aromatic N) is 3. The van der Waals surface area contributed by atoms with Crippen molar-refractivity contribution in [3.8, 4) is 0 Å². The number of carbonyl (C=O) groups is 2. The molecule has 30 heavy (non-hydrogen) atoms. The van der Waals surface area contributed by atoms with E-state index in [0.717, 1.165) is 11.8 Å². The Morgan fingerprint density at radius 3 is 2.50 bits per heavy atom. The molecule has 1 aromatic heterocycles. The molecule has 0 spiro atoms. The molecule has 1 N–H and O–H groups in total. The zero-order chi connectivity index (χ0) is 21.5. The maximum Gasteiger partial charge on any atom is 0.433 e. The number of benzene rings is 1. The van der Waals surface area contributed by atoms with E-state index in [9.17, 15) is 22.8 Å². The van der Waals surface area contributed by atoms with Crippen molar-refractivity contribution in [3.05, 3.63) is 53.3 Å². The van der Waals surface area contributed by atoms with Crippen LogP contribution in [0.2, 0.25) is 0 Å². The number of H-pyrrole nitrogens is 1. The van der Waals surface area contributed by atoms with E-state index in [4.69, 9.17) is 4.74 Å². The summed E-state index contributed by atoms with van der Waals surface area (Å²) in [5.41, 5.74) is -0.718. The first-order chi connectivity index (χ1) is 14.3. The predicted octanol–water partition coefficient (Wildman–Crippen LogP) is 3.62. The monoisotopic (exact) mass is 422 g/mol. The lowest BCUT2D eigenvalue weighted by atomic mass is 9.98. The van der Waals surface area contributed by atoms with Crippen molar-refractivity contribution in [2.24, 2.45) is 0 Å². The number of alkyl halides is 3. The smallest absolute Gasteiger partial charge is 0.433 e. The zero-order valence-electron chi connectivity index (χ0n) is 16.2.